The Morgan fingerprint density at radius 1 is 2.00 bits per heavy atom. The van der Waals surface area contributed by atoms with E-state index in [9.17, 15) is 0 Å². The average molecular weight is 94.5 g/mol. The molecule has 0 rings (SSSR count). The SMILES string of the molecule is C=CO[Cl+][O-]. The minimum Gasteiger partial charge on any atom is -0.495 e. The second-order valence-electron chi connectivity index (χ2n) is 0.319. The molecular formula is C2H3ClO2. The normalized spacial score (nSPS) is 6.60. The van der Waals surface area contributed by atoms with Gasteiger partial charge < -0.3 is 4.66 Å². The van der Waals surface area contributed by atoms with Crippen LogP contribution in [0.25, 0.3) is 0 Å². The number of rotatable bonds is 2. The summed E-state index contributed by atoms with van der Waals surface area (Å²) < 4.78 is 13.0. The highest BCUT2D eigenvalue weighted by Crippen LogP contribution is 1.62. The molecule has 0 aliphatic rings. The lowest BCUT2D eigenvalue weighted by molar-refractivity contribution is -1.26. The number of hydrogen-bond acceptors (Lipinski definition) is 2. The highest BCUT2D eigenvalue weighted by atomic mass is 35.6. The van der Waals surface area contributed by atoms with Crippen molar-refractivity contribution in [3.63, 3.8) is 0 Å². The molecule has 5 heavy (non-hydrogen) atoms. The van der Waals surface area contributed by atoms with Crippen LogP contribution in [0.15, 0.2) is 12.8 Å². The third kappa shape index (κ3) is 3.79. The summed E-state index contributed by atoms with van der Waals surface area (Å²) in [6.45, 7) is 3.09. The first kappa shape index (κ1) is 4.79. The molecule has 0 atom stereocenters. The van der Waals surface area contributed by atoms with E-state index in [0.717, 1.165) is 6.26 Å². The quantitative estimate of drug-likeness (QED) is 0.429. The topological polar surface area (TPSA) is 32.3 Å². The first-order valence-electron chi connectivity index (χ1n) is 0.953. The van der Waals surface area contributed by atoms with Gasteiger partial charge >= 0.3 is 11.3 Å². The zero-order chi connectivity index (χ0) is 4.12. The Morgan fingerprint density at radius 2 is 2.60 bits per heavy atom. The van der Waals surface area contributed by atoms with Crippen LogP contribution >= 0.6 is 0 Å². The standard InChI is InChI=1S/C2H3ClO2/c1-2-5-3-4/h2H,1H2. The van der Waals surface area contributed by atoms with Crippen LogP contribution in [0.3, 0.4) is 0 Å². The first-order chi connectivity index (χ1) is 2.41. The molecule has 0 unspecified atom stereocenters. The van der Waals surface area contributed by atoms with Crippen LogP contribution in [0.2, 0.25) is 0 Å². The fraction of sp³-hybridized carbons (Fsp3) is 0. The largest absolute Gasteiger partial charge is 0.495 e. The Bertz CT molecular complexity index is 28.8. The van der Waals surface area contributed by atoms with Gasteiger partial charge in [-0.2, -0.15) is 0 Å². The van der Waals surface area contributed by atoms with Crippen LogP contribution in [-0.2, 0) is 4.29 Å². The zero-order valence-corrected chi connectivity index (χ0v) is 3.23. The summed E-state index contributed by atoms with van der Waals surface area (Å²) in [5, 5.41) is 0. The van der Waals surface area contributed by atoms with E-state index in [1.807, 2.05) is 0 Å². The molecule has 0 aromatic heterocycles. The van der Waals surface area contributed by atoms with Crippen molar-refractivity contribution in [1.82, 2.24) is 0 Å². The molecule has 0 saturated carbocycles. The van der Waals surface area contributed by atoms with Gasteiger partial charge in [0.2, 0.25) is 0 Å². The molecule has 0 fully saturated rings. The maximum atomic E-state index is 9.10. The van der Waals surface area contributed by atoms with Crippen molar-refractivity contribution in [2.45, 2.75) is 0 Å². The van der Waals surface area contributed by atoms with Gasteiger partial charge in [0.05, 0.1) is 0 Å². The predicted molar refractivity (Wildman–Crippen MR) is 11.3 cm³/mol. The molecule has 0 amide bonds. The lowest BCUT2D eigenvalue weighted by atomic mass is 11.2. The zero-order valence-electron chi connectivity index (χ0n) is 2.48. The van der Waals surface area contributed by atoms with Gasteiger partial charge in [-0.05, 0) is 0 Å². The van der Waals surface area contributed by atoms with E-state index < -0.39 is 0 Å². The molecule has 0 aliphatic carbocycles. The minimum atomic E-state index is 0.405. The van der Waals surface area contributed by atoms with Gasteiger partial charge in [-0.15, -0.1) is 0 Å². The number of hydrogen-bond donors (Lipinski definition) is 0. The van der Waals surface area contributed by atoms with Crippen molar-refractivity contribution in [3.05, 3.63) is 12.8 Å². The van der Waals surface area contributed by atoms with Crippen LogP contribution in [0.1, 0.15) is 0 Å². The lowest BCUT2D eigenvalue weighted by Crippen LogP contribution is -1.98. The third-order valence-corrected chi connectivity index (χ3v) is 0.298. The molecule has 0 aliphatic heterocycles. The van der Waals surface area contributed by atoms with E-state index in [0.29, 0.717) is 11.3 Å². The molecular weight excluding hydrogens is 91.5 g/mol. The van der Waals surface area contributed by atoms with E-state index in [1.165, 1.54) is 0 Å². The molecule has 0 spiro atoms. The van der Waals surface area contributed by atoms with Crippen molar-refractivity contribution in [3.8, 4) is 0 Å². The summed E-state index contributed by atoms with van der Waals surface area (Å²) >= 11 is 0.405. The maximum Gasteiger partial charge on any atom is 0.392 e. The molecule has 3 heteroatoms. The van der Waals surface area contributed by atoms with Crippen LogP contribution < -0.4 is 4.66 Å². The van der Waals surface area contributed by atoms with Gasteiger partial charge in [-0.25, -0.2) is 4.29 Å². The second kappa shape index (κ2) is 3.79. The fourth-order valence-electron chi connectivity index (χ4n) is 0.0257. The average Bonchev–Trinajstić information content (AvgIpc) is 1.41. The monoisotopic (exact) mass is 94.0 g/mol. The first-order valence-corrected chi connectivity index (χ1v) is 1.57. The van der Waals surface area contributed by atoms with Gasteiger partial charge in [0, 0.05) is 0 Å². The lowest BCUT2D eigenvalue weighted by Gasteiger charge is -1.68. The van der Waals surface area contributed by atoms with Crippen molar-refractivity contribution >= 4 is 0 Å². The van der Waals surface area contributed by atoms with Crippen LogP contribution in [0.5, 0.6) is 0 Å². The van der Waals surface area contributed by atoms with E-state index in [-0.39, 0.29) is 0 Å². The molecule has 2 nitrogen and oxygen atoms in total. The summed E-state index contributed by atoms with van der Waals surface area (Å²) in [6.07, 6.45) is 1.06. The number of halogens is 1. The summed E-state index contributed by atoms with van der Waals surface area (Å²) in [7, 11) is 0. The van der Waals surface area contributed by atoms with Gasteiger partial charge in [-0.1, -0.05) is 6.58 Å². The predicted octanol–water partition coefficient (Wildman–Crippen LogP) is -0.578. The third-order valence-electron chi connectivity index (χ3n) is 0.0994. The molecule has 0 heterocycles. The van der Waals surface area contributed by atoms with Crippen molar-refractivity contribution in [2.75, 3.05) is 0 Å². The summed E-state index contributed by atoms with van der Waals surface area (Å²) in [6, 6.07) is 0. The Kier molecular flexibility index (Phi) is 3.63. The highest BCUT2D eigenvalue weighted by molar-refractivity contribution is 4.40. The minimum absolute atomic E-state index is 0.405. The maximum absolute atomic E-state index is 9.10. The molecule has 0 aromatic rings. The molecule has 0 N–H and O–H groups in total. The van der Waals surface area contributed by atoms with Gasteiger partial charge in [0.1, 0.15) is 0 Å². The van der Waals surface area contributed by atoms with Gasteiger partial charge in [0.25, 0.3) is 0 Å². The smallest absolute Gasteiger partial charge is 0.392 e. The van der Waals surface area contributed by atoms with Crippen molar-refractivity contribution in [1.29, 1.82) is 0 Å². The van der Waals surface area contributed by atoms with E-state index in [1.54, 1.807) is 0 Å². The molecule has 0 aromatic carbocycles. The van der Waals surface area contributed by atoms with Gasteiger partial charge in [0.15, 0.2) is 6.26 Å². The Labute approximate surface area is 34.1 Å². The Hall–Kier alpha value is -0.210. The molecule has 0 saturated heterocycles. The van der Waals surface area contributed by atoms with Crippen LogP contribution in [0, 0.1) is 11.3 Å². The van der Waals surface area contributed by atoms with Crippen LogP contribution in [0.4, 0.5) is 0 Å². The fourth-order valence-corrected chi connectivity index (χ4v) is 0.0772. The molecule has 0 radical (unpaired) electrons. The van der Waals surface area contributed by atoms with E-state index in [2.05, 4.69) is 10.9 Å². The van der Waals surface area contributed by atoms with Crippen LogP contribution in [-0.4, -0.2) is 0 Å². The highest BCUT2D eigenvalue weighted by Gasteiger charge is 1.72. The Balaban J connectivity index is 2.40. The summed E-state index contributed by atoms with van der Waals surface area (Å²) in [5.74, 6) is 0. The molecule has 30 valence electrons. The second-order valence-corrected chi connectivity index (χ2v) is 0.623. The van der Waals surface area contributed by atoms with Gasteiger partial charge in [-0.3, -0.25) is 0 Å². The van der Waals surface area contributed by atoms with Crippen molar-refractivity contribution in [2.24, 2.45) is 0 Å². The molecule has 0 bridgehead atoms. The summed E-state index contributed by atoms with van der Waals surface area (Å²) in [5.41, 5.74) is 0. The van der Waals surface area contributed by atoms with E-state index in [4.69, 9.17) is 4.66 Å². The van der Waals surface area contributed by atoms with E-state index >= 15 is 0 Å². The summed E-state index contributed by atoms with van der Waals surface area (Å²) in [4.78, 5) is 0. The Morgan fingerprint density at radius 3 is 2.60 bits per heavy atom. The van der Waals surface area contributed by atoms with Crippen molar-refractivity contribution < 1.29 is 20.3 Å².